The number of rotatable bonds is 12. The number of anilines is 1. The van der Waals surface area contributed by atoms with Crippen LogP contribution in [0.2, 0.25) is 0 Å². The van der Waals surface area contributed by atoms with Gasteiger partial charge in [-0.25, -0.2) is 8.42 Å². The molecule has 0 bridgehead atoms. The maximum Gasteiger partial charge on any atom is 0.244 e. The molecule has 3 rings (SSSR count). The standard InChI is InChI=1S/C29H41N3O6S/c1-6-25(29(34)30-23-14-8-7-9-15-23)31(19-22-13-11-10-12-21(22)2)28(33)20-32(39(5,35)36)26-18-24(37-3)16-17-27(26)38-4/h10-13,16-18,23,25H,6-9,14-15,19-20H2,1-5H3,(H,30,34)/t25-/m0/s1. The van der Waals surface area contributed by atoms with Crippen LogP contribution in [0.15, 0.2) is 42.5 Å². The highest BCUT2D eigenvalue weighted by Crippen LogP contribution is 2.34. The lowest BCUT2D eigenvalue weighted by molar-refractivity contribution is -0.140. The van der Waals surface area contributed by atoms with Crippen molar-refractivity contribution in [2.75, 3.05) is 31.3 Å². The lowest BCUT2D eigenvalue weighted by Crippen LogP contribution is -2.54. The molecule has 0 saturated heterocycles. The minimum absolute atomic E-state index is 0.0873. The van der Waals surface area contributed by atoms with Gasteiger partial charge in [-0.2, -0.15) is 0 Å². The predicted octanol–water partition coefficient (Wildman–Crippen LogP) is 4.03. The molecular formula is C29H41N3O6S. The zero-order valence-electron chi connectivity index (χ0n) is 23.6. The van der Waals surface area contributed by atoms with E-state index in [9.17, 15) is 18.0 Å². The van der Waals surface area contributed by atoms with Gasteiger partial charge in [0.05, 0.1) is 26.2 Å². The van der Waals surface area contributed by atoms with Crippen LogP contribution in [-0.4, -0.2) is 64.2 Å². The molecule has 1 atom stereocenters. The lowest BCUT2D eigenvalue weighted by atomic mass is 9.95. The molecule has 10 heteroatoms. The third-order valence-corrected chi connectivity index (χ3v) is 8.40. The van der Waals surface area contributed by atoms with Crippen molar-refractivity contribution in [1.82, 2.24) is 10.2 Å². The van der Waals surface area contributed by atoms with E-state index >= 15 is 0 Å². The normalized spacial score (nSPS) is 14.8. The first-order chi connectivity index (χ1) is 18.6. The number of benzene rings is 2. The van der Waals surface area contributed by atoms with Gasteiger partial charge in [-0.1, -0.05) is 50.5 Å². The maximum absolute atomic E-state index is 14.0. The quantitative estimate of drug-likeness (QED) is 0.421. The van der Waals surface area contributed by atoms with Crippen molar-refractivity contribution in [2.24, 2.45) is 0 Å². The zero-order chi connectivity index (χ0) is 28.6. The average molecular weight is 560 g/mol. The number of carbonyl (C=O) groups is 2. The van der Waals surface area contributed by atoms with Crippen molar-refractivity contribution in [2.45, 2.75) is 71.0 Å². The van der Waals surface area contributed by atoms with Crippen LogP contribution in [0.4, 0.5) is 5.69 Å². The summed E-state index contributed by atoms with van der Waals surface area (Å²) in [7, 11) is -1.01. The Morgan fingerprint density at radius 2 is 1.74 bits per heavy atom. The summed E-state index contributed by atoms with van der Waals surface area (Å²) in [4.78, 5) is 29.0. The molecule has 1 N–H and O–H groups in total. The smallest absolute Gasteiger partial charge is 0.244 e. The van der Waals surface area contributed by atoms with Crippen LogP contribution in [0.1, 0.15) is 56.6 Å². The van der Waals surface area contributed by atoms with Crippen molar-refractivity contribution < 1.29 is 27.5 Å². The van der Waals surface area contributed by atoms with E-state index in [0.717, 1.165) is 53.8 Å². The highest BCUT2D eigenvalue weighted by Gasteiger charge is 2.33. The molecule has 214 valence electrons. The van der Waals surface area contributed by atoms with Gasteiger partial charge in [0.15, 0.2) is 0 Å². The number of amides is 2. The molecule has 0 unspecified atom stereocenters. The van der Waals surface area contributed by atoms with E-state index in [1.165, 1.54) is 25.2 Å². The summed E-state index contributed by atoms with van der Waals surface area (Å²) in [6.45, 7) is 3.49. The fourth-order valence-electron chi connectivity index (χ4n) is 5.02. The Morgan fingerprint density at radius 3 is 2.33 bits per heavy atom. The lowest BCUT2D eigenvalue weighted by Gasteiger charge is -2.34. The Morgan fingerprint density at radius 1 is 1.05 bits per heavy atom. The first-order valence-electron chi connectivity index (χ1n) is 13.4. The molecule has 1 saturated carbocycles. The first kappa shape index (κ1) is 30.3. The van der Waals surface area contributed by atoms with Crippen LogP contribution >= 0.6 is 0 Å². The third-order valence-electron chi connectivity index (χ3n) is 7.27. The number of methoxy groups -OCH3 is 2. The summed E-state index contributed by atoms with van der Waals surface area (Å²) in [6, 6.07) is 11.8. The largest absolute Gasteiger partial charge is 0.497 e. The van der Waals surface area contributed by atoms with Gasteiger partial charge in [-0.05, 0) is 49.4 Å². The van der Waals surface area contributed by atoms with Crippen LogP contribution in [0.3, 0.4) is 0 Å². The summed E-state index contributed by atoms with van der Waals surface area (Å²) in [5, 5.41) is 3.15. The monoisotopic (exact) mass is 559 g/mol. The van der Waals surface area contributed by atoms with Crippen molar-refractivity contribution >= 4 is 27.5 Å². The maximum atomic E-state index is 14.0. The van der Waals surface area contributed by atoms with E-state index in [-0.39, 0.29) is 29.9 Å². The molecule has 0 radical (unpaired) electrons. The molecule has 2 aromatic rings. The molecule has 9 nitrogen and oxygen atoms in total. The molecular weight excluding hydrogens is 518 g/mol. The van der Waals surface area contributed by atoms with E-state index in [1.807, 2.05) is 38.1 Å². The SMILES string of the molecule is CC[C@@H](C(=O)NC1CCCCC1)N(Cc1ccccc1C)C(=O)CN(c1cc(OC)ccc1OC)S(C)(=O)=O. The van der Waals surface area contributed by atoms with Crippen LogP contribution in [0, 0.1) is 6.92 Å². The molecule has 1 aliphatic carbocycles. The Balaban J connectivity index is 1.98. The number of carbonyl (C=O) groups excluding carboxylic acids is 2. The molecule has 1 aliphatic rings. The number of ether oxygens (including phenoxy) is 2. The van der Waals surface area contributed by atoms with Crippen LogP contribution in [0.5, 0.6) is 11.5 Å². The highest BCUT2D eigenvalue weighted by molar-refractivity contribution is 7.92. The van der Waals surface area contributed by atoms with Crippen molar-refractivity contribution in [1.29, 1.82) is 0 Å². The number of nitrogens with zero attached hydrogens (tertiary/aromatic N) is 2. The second-order valence-corrected chi connectivity index (χ2v) is 11.9. The van der Waals surface area contributed by atoms with Crippen molar-refractivity contribution in [3.05, 3.63) is 53.6 Å². The van der Waals surface area contributed by atoms with Crippen molar-refractivity contribution in [3.63, 3.8) is 0 Å². The van der Waals surface area contributed by atoms with Gasteiger partial charge < -0.3 is 19.7 Å². The molecule has 0 heterocycles. The first-order valence-corrected chi connectivity index (χ1v) is 15.3. The number of hydrogen-bond acceptors (Lipinski definition) is 6. The predicted molar refractivity (Wildman–Crippen MR) is 153 cm³/mol. The number of aryl methyl sites for hydroxylation is 1. The summed E-state index contributed by atoms with van der Waals surface area (Å²) >= 11 is 0. The second kappa shape index (κ2) is 13.7. The minimum Gasteiger partial charge on any atom is -0.497 e. The number of nitrogens with one attached hydrogen (secondary N) is 1. The van der Waals surface area contributed by atoms with Gasteiger partial charge in [0.2, 0.25) is 21.8 Å². The molecule has 0 aromatic heterocycles. The molecule has 0 spiro atoms. The Labute approximate surface area is 232 Å². The second-order valence-electron chi connectivity index (χ2n) is 10.0. The number of sulfonamides is 1. The Bertz CT molecular complexity index is 1240. The summed E-state index contributed by atoms with van der Waals surface area (Å²) in [6.07, 6.45) is 6.57. The van der Waals surface area contributed by atoms with E-state index in [2.05, 4.69) is 5.32 Å². The van der Waals surface area contributed by atoms with E-state index in [0.29, 0.717) is 12.2 Å². The Kier molecular flexibility index (Phi) is 10.6. The minimum atomic E-state index is -3.91. The van der Waals surface area contributed by atoms with Gasteiger partial charge in [-0.15, -0.1) is 0 Å². The fourth-order valence-corrected chi connectivity index (χ4v) is 5.87. The van der Waals surface area contributed by atoms with E-state index in [1.54, 1.807) is 12.1 Å². The average Bonchev–Trinajstić information content (AvgIpc) is 2.92. The van der Waals surface area contributed by atoms with E-state index < -0.39 is 28.5 Å². The summed E-state index contributed by atoms with van der Waals surface area (Å²) in [5.41, 5.74) is 2.05. The van der Waals surface area contributed by atoms with Crippen LogP contribution < -0.4 is 19.1 Å². The molecule has 1 fully saturated rings. The summed E-state index contributed by atoms with van der Waals surface area (Å²) < 4.78 is 37.7. The van der Waals surface area contributed by atoms with Crippen LogP contribution in [-0.2, 0) is 26.2 Å². The van der Waals surface area contributed by atoms with Gasteiger partial charge in [0.25, 0.3) is 0 Å². The van der Waals surface area contributed by atoms with Gasteiger partial charge >= 0.3 is 0 Å². The molecule has 0 aliphatic heterocycles. The molecule has 2 aromatic carbocycles. The van der Waals surface area contributed by atoms with Gasteiger partial charge in [-0.3, -0.25) is 13.9 Å². The molecule has 39 heavy (non-hydrogen) atoms. The highest BCUT2D eigenvalue weighted by atomic mass is 32.2. The topological polar surface area (TPSA) is 105 Å². The Hall–Kier alpha value is -3.27. The fraction of sp³-hybridized carbons (Fsp3) is 0.517. The van der Waals surface area contributed by atoms with Crippen molar-refractivity contribution in [3.8, 4) is 11.5 Å². The van der Waals surface area contributed by atoms with Gasteiger partial charge in [0.1, 0.15) is 24.1 Å². The third kappa shape index (κ3) is 7.88. The zero-order valence-corrected chi connectivity index (χ0v) is 24.4. The van der Waals surface area contributed by atoms with Gasteiger partial charge in [0, 0.05) is 18.7 Å². The number of hydrogen-bond donors (Lipinski definition) is 1. The summed E-state index contributed by atoms with van der Waals surface area (Å²) in [5.74, 6) is -0.00100. The van der Waals surface area contributed by atoms with E-state index in [4.69, 9.17) is 9.47 Å². The van der Waals surface area contributed by atoms with Crippen LogP contribution in [0.25, 0.3) is 0 Å². The molecule has 2 amide bonds.